The smallest absolute Gasteiger partial charge is 0.0491 e. The molecule has 1 unspecified atom stereocenters. The van der Waals surface area contributed by atoms with Crippen LogP contribution in [-0.4, -0.2) is 0 Å². The van der Waals surface area contributed by atoms with Crippen LogP contribution in [0.1, 0.15) is 53.1 Å². The summed E-state index contributed by atoms with van der Waals surface area (Å²) in [6.45, 7) is 2.19. The number of rotatable bonds is 3. The number of thiophene rings is 1. The first-order valence-electron chi connectivity index (χ1n) is 5.96. The van der Waals surface area contributed by atoms with Crippen LogP contribution in [0.5, 0.6) is 0 Å². The van der Waals surface area contributed by atoms with Crippen molar-refractivity contribution in [1.29, 1.82) is 0 Å². The minimum atomic E-state index is 0.597. The minimum absolute atomic E-state index is 0.597. The molecular formula is C13H19BrS. The van der Waals surface area contributed by atoms with E-state index in [0.29, 0.717) is 4.83 Å². The molecule has 0 spiro atoms. The van der Waals surface area contributed by atoms with E-state index in [1.165, 1.54) is 48.3 Å². The molecule has 1 atom stereocenters. The van der Waals surface area contributed by atoms with E-state index in [-0.39, 0.29) is 0 Å². The summed E-state index contributed by atoms with van der Waals surface area (Å²) in [7, 11) is 0. The second kappa shape index (κ2) is 5.49. The predicted molar refractivity (Wildman–Crippen MR) is 71.9 cm³/mol. The fourth-order valence-corrected chi connectivity index (χ4v) is 4.28. The fourth-order valence-electron chi connectivity index (χ4n) is 2.45. The second-order valence-electron chi connectivity index (χ2n) is 4.66. The van der Waals surface area contributed by atoms with Gasteiger partial charge in [-0.2, -0.15) is 0 Å². The summed E-state index contributed by atoms with van der Waals surface area (Å²) in [6.07, 6.45) is 8.60. The fraction of sp³-hybridized carbons (Fsp3) is 0.692. The zero-order chi connectivity index (χ0) is 10.7. The lowest BCUT2D eigenvalue weighted by Gasteiger charge is -2.23. The molecule has 15 heavy (non-hydrogen) atoms. The van der Waals surface area contributed by atoms with E-state index < -0.39 is 0 Å². The highest BCUT2D eigenvalue weighted by Crippen LogP contribution is 2.38. The van der Waals surface area contributed by atoms with Crippen molar-refractivity contribution in [3.8, 4) is 0 Å². The van der Waals surface area contributed by atoms with Crippen LogP contribution in [0.2, 0.25) is 0 Å². The largest absolute Gasteiger partial charge is 0.145 e. The van der Waals surface area contributed by atoms with Crippen molar-refractivity contribution >= 4 is 27.3 Å². The lowest BCUT2D eigenvalue weighted by Crippen LogP contribution is -2.08. The highest BCUT2D eigenvalue weighted by atomic mass is 79.9. The number of hydrogen-bond donors (Lipinski definition) is 0. The Labute approximate surface area is 105 Å². The standard InChI is InChI=1S/C13H19BrS/c1-10-7-8-13(15-10)12(14)9-11-5-3-2-4-6-11/h7-8,11-12H,2-6,9H2,1H3. The van der Waals surface area contributed by atoms with E-state index in [1.807, 2.05) is 11.3 Å². The Hall–Kier alpha value is 0.180. The van der Waals surface area contributed by atoms with E-state index in [1.54, 1.807) is 0 Å². The van der Waals surface area contributed by atoms with Crippen molar-refractivity contribution in [3.63, 3.8) is 0 Å². The van der Waals surface area contributed by atoms with Crippen LogP contribution in [-0.2, 0) is 0 Å². The van der Waals surface area contributed by atoms with Crippen molar-refractivity contribution in [3.05, 3.63) is 21.9 Å². The molecule has 1 aliphatic rings. The maximum Gasteiger partial charge on any atom is 0.0491 e. The number of alkyl halides is 1. The monoisotopic (exact) mass is 286 g/mol. The van der Waals surface area contributed by atoms with Crippen LogP contribution >= 0.6 is 27.3 Å². The molecule has 0 radical (unpaired) electrons. The molecule has 1 saturated carbocycles. The normalized spacial score (nSPS) is 20.4. The third kappa shape index (κ3) is 3.32. The molecule has 1 heterocycles. The van der Waals surface area contributed by atoms with Crippen LogP contribution in [0.25, 0.3) is 0 Å². The molecule has 2 heteroatoms. The van der Waals surface area contributed by atoms with Gasteiger partial charge in [-0.15, -0.1) is 11.3 Å². The first-order chi connectivity index (χ1) is 7.25. The maximum atomic E-state index is 3.85. The van der Waals surface area contributed by atoms with Crippen molar-refractivity contribution in [2.24, 2.45) is 5.92 Å². The molecule has 0 aliphatic heterocycles. The Morgan fingerprint density at radius 1 is 1.33 bits per heavy atom. The summed E-state index contributed by atoms with van der Waals surface area (Å²) in [4.78, 5) is 3.54. The molecule has 0 N–H and O–H groups in total. The van der Waals surface area contributed by atoms with E-state index in [4.69, 9.17) is 0 Å². The van der Waals surface area contributed by atoms with Gasteiger partial charge in [0, 0.05) is 14.6 Å². The molecule has 0 bridgehead atoms. The zero-order valence-electron chi connectivity index (χ0n) is 9.34. The SMILES string of the molecule is Cc1ccc(C(Br)CC2CCCCC2)s1. The van der Waals surface area contributed by atoms with Crippen LogP contribution in [0, 0.1) is 12.8 Å². The van der Waals surface area contributed by atoms with E-state index in [2.05, 4.69) is 35.0 Å². The van der Waals surface area contributed by atoms with Crippen molar-refractivity contribution in [2.45, 2.75) is 50.3 Å². The molecule has 1 fully saturated rings. The average Bonchev–Trinajstić information content (AvgIpc) is 2.66. The van der Waals surface area contributed by atoms with Gasteiger partial charge in [-0.05, 0) is 31.4 Å². The third-order valence-corrected chi connectivity index (χ3v) is 5.62. The van der Waals surface area contributed by atoms with Gasteiger partial charge in [0.15, 0.2) is 0 Å². The van der Waals surface area contributed by atoms with E-state index in [0.717, 1.165) is 5.92 Å². The van der Waals surface area contributed by atoms with Crippen LogP contribution in [0.3, 0.4) is 0 Å². The van der Waals surface area contributed by atoms with E-state index >= 15 is 0 Å². The summed E-state index contributed by atoms with van der Waals surface area (Å²) >= 11 is 5.78. The van der Waals surface area contributed by atoms with Gasteiger partial charge in [0.1, 0.15) is 0 Å². The molecule has 0 nitrogen and oxygen atoms in total. The van der Waals surface area contributed by atoms with Gasteiger partial charge in [-0.3, -0.25) is 0 Å². The molecule has 1 aromatic heterocycles. The summed E-state index contributed by atoms with van der Waals surface area (Å²) in [5, 5.41) is 0. The first-order valence-corrected chi connectivity index (χ1v) is 7.69. The number of hydrogen-bond acceptors (Lipinski definition) is 1. The Morgan fingerprint density at radius 2 is 2.07 bits per heavy atom. The third-order valence-electron chi connectivity index (χ3n) is 3.33. The lowest BCUT2D eigenvalue weighted by molar-refractivity contribution is 0.339. The molecule has 84 valence electrons. The Kier molecular flexibility index (Phi) is 4.27. The quantitative estimate of drug-likeness (QED) is 0.647. The van der Waals surface area contributed by atoms with Crippen LogP contribution in [0.15, 0.2) is 12.1 Å². The summed E-state index contributed by atoms with van der Waals surface area (Å²) in [5.74, 6) is 0.963. The van der Waals surface area contributed by atoms with Crippen molar-refractivity contribution < 1.29 is 0 Å². The Bertz CT molecular complexity index is 299. The minimum Gasteiger partial charge on any atom is -0.145 e. The first kappa shape index (κ1) is 11.7. The zero-order valence-corrected chi connectivity index (χ0v) is 11.7. The average molecular weight is 287 g/mol. The second-order valence-corrected chi connectivity index (χ2v) is 7.08. The molecule has 0 amide bonds. The Morgan fingerprint density at radius 3 is 2.67 bits per heavy atom. The van der Waals surface area contributed by atoms with E-state index in [9.17, 15) is 0 Å². The molecular weight excluding hydrogens is 268 g/mol. The van der Waals surface area contributed by atoms with Gasteiger partial charge in [0.2, 0.25) is 0 Å². The summed E-state index contributed by atoms with van der Waals surface area (Å²) < 4.78 is 0. The van der Waals surface area contributed by atoms with Gasteiger partial charge >= 0.3 is 0 Å². The van der Waals surface area contributed by atoms with Gasteiger partial charge in [-0.1, -0.05) is 48.0 Å². The van der Waals surface area contributed by atoms with Gasteiger partial charge in [-0.25, -0.2) is 0 Å². The maximum absolute atomic E-state index is 3.85. The highest BCUT2D eigenvalue weighted by Gasteiger charge is 2.19. The van der Waals surface area contributed by atoms with Gasteiger partial charge in [0.05, 0.1) is 0 Å². The predicted octanol–water partition coefficient (Wildman–Crippen LogP) is 5.46. The molecule has 1 aromatic rings. The lowest BCUT2D eigenvalue weighted by atomic mass is 9.86. The van der Waals surface area contributed by atoms with Crippen LogP contribution < -0.4 is 0 Å². The molecule has 1 aliphatic carbocycles. The van der Waals surface area contributed by atoms with Gasteiger partial charge in [0.25, 0.3) is 0 Å². The van der Waals surface area contributed by atoms with Gasteiger partial charge < -0.3 is 0 Å². The van der Waals surface area contributed by atoms with Crippen molar-refractivity contribution in [1.82, 2.24) is 0 Å². The van der Waals surface area contributed by atoms with Crippen molar-refractivity contribution in [2.75, 3.05) is 0 Å². The molecule has 0 aromatic carbocycles. The highest BCUT2D eigenvalue weighted by molar-refractivity contribution is 9.09. The summed E-state index contributed by atoms with van der Waals surface area (Å²) in [6, 6.07) is 4.51. The summed E-state index contributed by atoms with van der Waals surface area (Å²) in [5.41, 5.74) is 0. The Balaban J connectivity index is 1.88. The number of halogens is 1. The topological polar surface area (TPSA) is 0 Å². The molecule has 0 saturated heterocycles. The molecule has 2 rings (SSSR count). The van der Waals surface area contributed by atoms with Crippen LogP contribution in [0.4, 0.5) is 0 Å². The number of aryl methyl sites for hydroxylation is 1.